The third-order valence-corrected chi connectivity index (χ3v) is 1.67. The number of hydrogen-bond acceptors (Lipinski definition) is 1. The lowest BCUT2D eigenvalue weighted by Crippen LogP contribution is -2.20. The van der Waals surface area contributed by atoms with Gasteiger partial charge in [-0.3, -0.25) is 0 Å². The second-order valence-electron chi connectivity index (χ2n) is 2.72. The van der Waals surface area contributed by atoms with Crippen LogP contribution < -0.4 is 0 Å². The third-order valence-electron chi connectivity index (χ3n) is 1.67. The van der Waals surface area contributed by atoms with Crippen LogP contribution in [-0.4, -0.2) is 19.4 Å². The van der Waals surface area contributed by atoms with Crippen LogP contribution in [0.1, 0.15) is 20.3 Å². The molecule has 0 fully saturated rings. The molecule has 0 saturated carbocycles. The molecular weight excluding hydrogens is 131 g/mol. The lowest BCUT2D eigenvalue weighted by molar-refractivity contribution is 0.130. The van der Waals surface area contributed by atoms with E-state index in [1.165, 1.54) is 6.92 Å². The van der Waals surface area contributed by atoms with Crippen molar-refractivity contribution in [1.82, 2.24) is 0 Å². The van der Waals surface area contributed by atoms with Gasteiger partial charge in [0.2, 0.25) is 0 Å². The van der Waals surface area contributed by atoms with E-state index in [2.05, 4.69) is 6.58 Å². The molecule has 60 valence electrons. The molecule has 1 nitrogen and oxygen atoms in total. The van der Waals surface area contributed by atoms with Gasteiger partial charge < -0.3 is 4.74 Å². The van der Waals surface area contributed by atoms with Crippen molar-refractivity contribution >= 4 is 0 Å². The van der Waals surface area contributed by atoms with Crippen molar-refractivity contribution in [3.63, 3.8) is 0 Å². The zero-order valence-corrected chi connectivity index (χ0v) is 6.91. The van der Waals surface area contributed by atoms with Crippen LogP contribution >= 0.6 is 0 Å². The summed E-state index contributed by atoms with van der Waals surface area (Å²) in [5, 5.41) is 0. The van der Waals surface area contributed by atoms with E-state index >= 15 is 0 Å². The molecule has 0 aromatic carbocycles. The number of methoxy groups -OCH3 is 1. The van der Waals surface area contributed by atoms with Gasteiger partial charge in [0.15, 0.2) is 0 Å². The highest BCUT2D eigenvalue weighted by atomic mass is 19.1. The van der Waals surface area contributed by atoms with Crippen LogP contribution in [0.3, 0.4) is 0 Å². The smallest absolute Gasteiger partial charge is 0.130 e. The summed E-state index contributed by atoms with van der Waals surface area (Å²) in [5.41, 5.74) is -0.708. The van der Waals surface area contributed by atoms with E-state index in [1.54, 1.807) is 14.0 Å². The molecule has 0 saturated heterocycles. The van der Waals surface area contributed by atoms with Crippen LogP contribution in [0.5, 0.6) is 0 Å². The molecule has 0 aliphatic rings. The molecule has 0 heterocycles. The fraction of sp³-hybridized carbons (Fsp3) is 0.750. The van der Waals surface area contributed by atoms with E-state index in [0.29, 0.717) is 18.6 Å². The lowest BCUT2D eigenvalue weighted by Gasteiger charge is -2.19. The number of hydrogen-bond donors (Lipinski definition) is 0. The van der Waals surface area contributed by atoms with Gasteiger partial charge in [-0.15, -0.1) is 0 Å². The molecule has 0 radical (unpaired) electrons. The number of allylic oxidation sites excluding steroid dienone is 1. The Morgan fingerprint density at radius 2 is 2.20 bits per heavy atom. The summed E-state index contributed by atoms with van der Waals surface area (Å²) in [4.78, 5) is 0. The number of ether oxygens (including phenoxy) is 1. The van der Waals surface area contributed by atoms with E-state index in [4.69, 9.17) is 4.74 Å². The van der Waals surface area contributed by atoms with Crippen molar-refractivity contribution < 1.29 is 9.13 Å². The Morgan fingerprint density at radius 1 is 1.70 bits per heavy atom. The molecule has 0 N–H and O–H groups in total. The zero-order chi connectivity index (χ0) is 8.20. The summed E-state index contributed by atoms with van der Waals surface area (Å²) < 4.78 is 18.0. The standard InChI is InChI=1S/C8H15FO/c1-7(2)8(3,9)5-6-10-4/h1,5-6H2,2-4H3. The summed E-state index contributed by atoms with van der Waals surface area (Å²) in [6.45, 7) is 7.21. The van der Waals surface area contributed by atoms with E-state index in [1.807, 2.05) is 0 Å². The van der Waals surface area contributed by atoms with Crippen molar-refractivity contribution in [2.75, 3.05) is 13.7 Å². The Labute approximate surface area is 61.9 Å². The normalized spacial score (nSPS) is 16.4. The van der Waals surface area contributed by atoms with Crippen molar-refractivity contribution in [2.24, 2.45) is 0 Å². The topological polar surface area (TPSA) is 9.23 Å². The van der Waals surface area contributed by atoms with Crippen LogP contribution in [-0.2, 0) is 4.74 Å². The largest absolute Gasteiger partial charge is 0.385 e. The van der Waals surface area contributed by atoms with Gasteiger partial charge in [0, 0.05) is 20.1 Å². The van der Waals surface area contributed by atoms with E-state index < -0.39 is 5.67 Å². The Balaban J connectivity index is 3.75. The number of rotatable bonds is 4. The summed E-state index contributed by atoms with van der Waals surface area (Å²) >= 11 is 0. The summed E-state index contributed by atoms with van der Waals surface area (Å²) in [6.07, 6.45) is 0.388. The maximum Gasteiger partial charge on any atom is 0.130 e. The SMILES string of the molecule is C=C(C)C(C)(F)CCOC. The molecule has 1 atom stereocenters. The average molecular weight is 146 g/mol. The molecule has 0 amide bonds. The molecule has 0 bridgehead atoms. The van der Waals surface area contributed by atoms with Gasteiger partial charge in [-0.1, -0.05) is 6.58 Å². The van der Waals surface area contributed by atoms with Crippen LogP contribution in [0, 0.1) is 0 Å². The summed E-state index contributed by atoms with van der Waals surface area (Å²) in [6, 6.07) is 0. The Morgan fingerprint density at radius 3 is 2.50 bits per heavy atom. The highest BCUT2D eigenvalue weighted by Gasteiger charge is 2.22. The first kappa shape index (κ1) is 9.63. The third kappa shape index (κ3) is 2.97. The first-order chi connectivity index (χ1) is 4.50. The Bertz CT molecular complexity index is 118. The molecule has 0 aliphatic carbocycles. The first-order valence-corrected chi connectivity index (χ1v) is 3.34. The predicted molar refractivity (Wildman–Crippen MR) is 40.8 cm³/mol. The van der Waals surface area contributed by atoms with Gasteiger partial charge in [0.05, 0.1) is 0 Å². The van der Waals surface area contributed by atoms with Crippen LogP contribution in [0.15, 0.2) is 12.2 Å². The summed E-state index contributed by atoms with van der Waals surface area (Å²) in [7, 11) is 1.56. The van der Waals surface area contributed by atoms with Gasteiger partial charge in [-0.25, -0.2) is 4.39 Å². The van der Waals surface area contributed by atoms with Crippen LogP contribution in [0.4, 0.5) is 4.39 Å². The van der Waals surface area contributed by atoms with Gasteiger partial charge in [-0.05, 0) is 19.4 Å². The second-order valence-corrected chi connectivity index (χ2v) is 2.72. The maximum absolute atomic E-state index is 13.2. The molecule has 0 aliphatic heterocycles. The van der Waals surface area contributed by atoms with Crippen molar-refractivity contribution in [2.45, 2.75) is 25.9 Å². The zero-order valence-electron chi connectivity index (χ0n) is 6.91. The molecule has 0 rings (SSSR count). The lowest BCUT2D eigenvalue weighted by atomic mass is 9.97. The van der Waals surface area contributed by atoms with Crippen molar-refractivity contribution in [3.8, 4) is 0 Å². The molecule has 0 aromatic heterocycles. The second kappa shape index (κ2) is 3.71. The first-order valence-electron chi connectivity index (χ1n) is 3.34. The Kier molecular flexibility index (Phi) is 3.58. The summed E-state index contributed by atoms with van der Waals surface area (Å²) in [5.74, 6) is 0. The minimum Gasteiger partial charge on any atom is -0.385 e. The highest BCUT2D eigenvalue weighted by molar-refractivity contribution is 5.06. The average Bonchev–Trinajstić information content (AvgIpc) is 1.84. The highest BCUT2D eigenvalue weighted by Crippen LogP contribution is 2.23. The van der Waals surface area contributed by atoms with Crippen LogP contribution in [0.25, 0.3) is 0 Å². The minimum atomic E-state index is -1.27. The maximum atomic E-state index is 13.2. The van der Waals surface area contributed by atoms with Crippen LogP contribution in [0.2, 0.25) is 0 Å². The van der Waals surface area contributed by atoms with Gasteiger partial charge in [0.1, 0.15) is 5.67 Å². The van der Waals surface area contributed by atoms with E-state index in [9.17, 15) is 4.39 Å². The fourth-order valence-corrected chi connectivity index (χ4v) is 0.507. The molecule has 2 heteroatoms. The number of halogens is 1. The molecular formula is C8H15FO. The number of alkyl halides is 1. The molecule has 0 spiro atoms. The van der Waals surface area contributed by atoms with Crippen molar-refractivity contribution in [1.29, 1.82) is 0 Å². The molecule has 10 heavy (non-hydrogen) atoms. The predicted octanol–water partition coefficient (Wildman–Crippen LogP) is 2.33. The van der Waals surface area contributed by atoms with Gasteiger partial charge >= 0.3 is 0 Å². The van der Waals surface area contributed by atoms with E-state index in [-0.39, 0.29) is 0 Å². The fourth-order valence-electron chi connectivity index (χ4n) is 0.507. The monoisotopic (exact) mass is 146 g/mol. The quantitative estimate of drug-likeness (QED) is 0.553. The molecule has 0 aromatic rings. The minimum absolute atomic E-state index is 0.388. The Hall–Kier alpha value is -0.370. The van der Waals surface area contributed by atoms with Gasteiger partial charge in [-0.2, -0.15) is 0 Å². The van der Waals surface area contributed by atoms with Gasteiger partial charge in [0.25, 0.3) is 0 Å². The van der Waals surface area contributed by atoms with E-state index in [0.717, 1.165) is 0 Å². The van der Waals surface area contributed by atoms with Crippen molar-refractivity contribution in [3.05, 3.63) is 12.2 Å². The molecule has 1 unspecified atom stereocenters.